The average molecular weight is 445 g/mol. The number of aromatic nitrogens is 3. The zero-order valence-corrected chi connectivity index (χ0v) is 17.5. The van der Waals surface area contributed by atoms with E-state index in [0.717, 1.165) is 26.5 Å². The number of rotatable bonds is 5. The maximum absolute atomic E-state index is 13.2. The minimum Gasteiger partial charge on any atom is -0.325 e. The number of hydrogen-bond acceptors (Lipinski definition) is 6. The highest BCUT2D eigenvalue weighted by Gasteiger charge is 2.17. The van der Waals surface area contributed by atoms with Gasteiger partial charge in [0.05, 0.1) is 20.5 Å². The summed E-state index contributed by atoms with van der Waals surface area (Å²) in [7, 11) is 0. The molecule has 0 spiro atoms. The van der Waals surface area contributed by atoms with Crippen molar-refractivity contribution < 1.29 is 9.18 Å². The fourth-order valence-corrected chi connectivity index (χ4v) is 4.60. The third-order valence-electron chi connectivity index (χ3n) is 3.98. The number of thiazole rings is 1. The lowest BCUT2D eigenvalue weighted by Crippen LogP contribution is -2.14. The number of aryl methyl sites for hydroxylation is 1. The molecule has 2 aromatic heterocycles. The fourth-order valence-electron chi connectivity index (χ4n) is 2.71. The van der Waals surface area contributed by atoms with Gasteiger partial charge < -0.3 is 5.32 Å². The van der Waals surface area contributed by atoms with E-state index in [9.17, 15) is 9.18 Å². The van der Waals surface area contributed by atoms with Crippen molar-refractivity contribution in [1.82, 2.24) is 15.2 Å². The summed E-state index contributed by atoms with van der Waals surface area (Å²) >= 11 is 8.55. The lowest BCUT2D eigenvalue weighted by molar-refractivity contribution is -0.113. The van der Waals surface area contributed by atoms with Crippen LogP contribution in [-0.2, 0) is 4.79 Å². The molecule has 0 atom stereocenters. The summed E-state index contributed by atoms with van der Waals surface area (Å²) < 4.78 is 14.2. The van der Waals surface area contributed by atoms with Gasteiger partial charge in [-0.15, -0.1) is 21.5 Å². The molecule has 1 amide bonds. The third kappa shape index (κ3) is 4.39. The normalized spacial score (nSPS) is 11.0. The van der Waals surface area contributed by atoms with Gasteiger partial charge in [-0.25, -0.2) is 9.37 Å². The Kier molecular flexibility index (Phi) is 5.75. The standard InChI is InChI=1S/C20H14ClFN4OS2/c1-11-23-18-19(29-11)17(12-5-3-2-4-6-12)25-26-20(18)28-10-16(27)24-13-7-8-15(22)14(21)9-13/h2-9H,10H2,1H3,(H,24,27). The highest BCUT2D eigenvalue weighted by Crippen LogP contribution is 2.35. The van der Waals surface area contributed by atoms with Gasteiger partial charge in [0, 0.05) is 11.3 Å². The number of carbonyl (C=O) groups excluding carboxylic acids is 1. The predicted octanol–water partition coefficient (Wildman–Crippen LogP) is 5.59. The molecule has 4 rings (SSSR count). The number of anilines is 1. The molecule has 146 valence electrons. The molecule has 2 aromatic carbocycles. The summed E-state index contributed by atoms with van der Waals surface area (Å²) in [5.74, 6) is -0.680. The van der Waals surface area contributed by atoms with Gasteiger partial charge in [-0.2, -0.15) is 0 Å². The van der Waals surface area contributed by atoms with E-state index >= 15 is 0 Å². The molecule has 9 heteroatoms. The van der Waals surface area contributed by atoms with Crippen LogP contribution in [0.4, 0.5) is 10.1 Å². The van der Waals surface area contributed by atoms with Gasteiger partial charge in [-0.3, -0.25) is 4.79 Å². The van der Waals surface area contributed by atoms with E-state index in [1.54, 1.807) is 11.3 Å². The summed E-state index contributed by atoms with van der Waals surface area (Å²) in [6.45, 7) is 1.93. The van der Waals surface area contributed by atoms with Crippen LogP contribution >= 0.6 is 34.7 Å². The van der Waals surface area contributed by atoms with Crippen LogP contribution in [0.3, 0.4) is 0 Å². The first-order valence-corrected chi connectivity index (χ1v) is 10.8. The largest absolute Gasteiger partial charge is 0.325 e. The smallest absolute Gasteiger partial charge is 0.234 e. The van der Waals surface area contributed by atoms with Crippen LogP contribution in [0, 0.1) is 12.7 Å². The van der Waals surface area contributed by atoms with E-state index in [0.29, 0.717) is 10.7 Å². The summed E-state index contributed by atoms with van der Waals surface area (Å²) in [4.78, 5) is 16.9. The van der Waals surface area contributed by atoms with Crippen LogP contribution in [-0.4, -0.2) is 26.8 Å². The molecule has 0 unspecified atom stereocenters. The Morgan fingerprint density at radius 1 is 1.21 bits per heavy atom. The number of halogens is 2. The Balaban J connectivity index is 1.54. The Hall–Kier alpha value is -2.55. The molecular formula is C20H14ClFN4OS2. The van der Waals surface area contributed by atoms with Crippen molar-refractivity contribution in [1.29, 1.82) is 0 Å². The molecule has 0 aliphatic rings. The van der Waals surface area contributed by atoms with E-state index in [-0.39, 0.29) is 16.7 Å². The summed E-state index contributed by atoms with van der Waals surface area (Å²) in [5.41, 5.74) is 2.92. The molecule has 0 saturated heterocycles. The van der Waals surface area contributed by atoms with Crippen LogP contribution in [0.15, 0.2) is 53.6 Å². The second kappa shape index (κ2) is 8.44. The summed E-state index contributed by atoms with van der Waals surface area (Å²) in [5, 5.41) is 12.8. The maximum Gasteiger partial charge on any atom is 0.234 e. The van der Waals surface area contributed by atoms with Crippen LogP contribution in [0.25, 0.3) is 21.5 Å². The van der Waals surface area contributed by atoms with E-state index in [4.69, 9.17) is 11.6 Å². The zero-order valence-electron chi connectivity index (χ0n) is 15.1. The highest BCUT2D eigenvalue weighted by molar-refractivity contribution is 8.00. The SMILES string of the molecule is Cc1nc2c(SCC(=O)Nc3ccc(F)c(Cl)c3)nnc(-c3ccccc3)c2s1. The summed E-state index contributed by atoms with van der Waals surface area (Å²) in [6, 6.07) is 13.8. The quantitative estimate of drug-likeness (QED) is 0.407. The van der Waals surface area contributed by atoms with Crippen LogP contribution in [0.2, 0.25) is 5.02 Å². The van der Waals surface area contributed by atoms with Crippen LogP contribution in [0.5, 0.6) is 0 Å². The summed E-state index contributed by atoms with van der Waals surface area (Å²) in [6.07, 6.45) is 0. The zero-order chi connectivity index (χ0) is 20.4. The number of amides is 1. The van der Waals surface area contributed by atoms with Crippen molar-refractivity contribution in [3.8, 4) is 11.3 Å². The van der Waals surface area contributed by atoms with Gasteiger partial charge in [0.1, 0.15) is 22.1 Å². The number of fused-ring (bicyclic) bond motifs is 1. The number of carbonyl (C=O) groups is 1. The predicted molar refractivity (Wildman–Crippen MR) is 116 cm³/mol. The first-order chi connectivity index (χ1) is 14.0. The maximum atomic E-state index is 13.2. The van der Waals surface area contributed by atoms with Gasteiger partial charge in [0.2, 0.25) is 5.91 Å². The van der Waals surface area contributed by atoms with Gasteiger partial charge >= 0.3 is 0 Å². The van der Waals surface area contributed by atoms with Gasteiger partial charge in [0.25, 0.3) is 0 Å². The Morgan fingerprint density at radius 2 is 2.00 bits per heavy atom. The average Bonchev–Trinajstić information content (AvgIpc) is 3.11. The number of hydrogen-bond donors (Lipinski definition) is 1. The van der Waals surface area contributed by atoms with E-state index in [1.165, 1.54) is 30.0 Å². The second-order valence-electron chi connectivity index (χ2n) is 6.10. The molecule has 4 aromatic rings. The molecule has 0 radical (unpaired) electrons. The second-order valence-corrected chi connectivity index (χ2v) is 8.67. The first kappa shape index (κ1) is 19.8. The molecule has 0 fully saturated rings. The van der Waals surface area contributed by atoms with Crippen molar-refractivity contribution >= 4 is 56.5 Å². The topological polar surface area (TPSA) is 67.8 Å². The fraction of sp³-hybridized carbons (Fsp3) is 0.100. The van der Waals surface area contributed by atoms with Crippen molar-refractivity contribution in [2.45, 2.75) is 11.9 Å². The van der Waals surface area contributed by atoms with Gasteiger partial charge in [-0.05, 0) is 25.1 Å². The Bertz CT molecular complexity index is 1200. The van der Waals surface area contributed by atoms with Gasteiger partial charge in [0.15, 0.2) is 0 Å². The van der Waals surface area contributed by atoms with Crippen molar-refractivity contribution in [3.05, 3.63) is 64.4 Å². The lowest BCUT2D eigenvalue weighted by atomic mass is 10.1. The van der Waals surface area contributed by atoms with Crippen molar-refractivity contribution in [3.63, 3.8) is 0 Å². The molecule has 29 heavy (non-hydrogen) atoms. The lowest BCUT2D eigenvalue weighted by Gasteiger charge is -2.07. The molecule has 0 bridgehead atoms. The molecule has 0 saturated carbocycles. The van der Waals surface area contributed by atoms with Crippen molar-refractivity contribution in [2.24, 2.45) is 0 Å². The molecule has 1 N–H and O–H groups in total. The Labute approximate surface area is 179 Å². The van der Waals surface area contributed by atoms with Crippen molar-refractivity contribution in [2.75, 3.05) is 11.1 Å². The van der Waals surface area contributed by atoms with E-state index in [1.807, 2.05) is 37.3 Å². The molecule has 0 aliphatic heterocycles. The van der Waals surface area contributed by atoms with E-state index in [2.05, 4.69) is 20.5 Å². The molecule has 2 heterocycles. The molecule has 5 nitrogen and oxygen atoms in total. The molecule has 0 aliphatic carbocycles. The molecular weight excluding hydrogens is 431 g/mol. The van der Waals surface area contributed by atoms with Gasteiger partial charge in [-0.1, -0.05) is 53.7 Å². The number of benzene rings is 2. The highest BCUT2D eigenvalue weighted by atomic mass is 35.5. The minimum atomic E-state index is -0.533. The number of nitrogens with one attached hydrogen (secondary N) is 1. The monoisotopic (exact) mass is 444 g/mol. The number of thioether (sulfide) groups is 1. The Morgan fingerprint density at radius 3 is 2.76 bits per heavy atom. The van der Waals surface area contributed by atoms with E-state index < -0.39 is 5.82 Å². The number of nitrogens with zero attached hydrogens (tertiary/aromatic N) is 3. The first-order valence-electron chi connectivity index (χ1n) is 8.58. The minimum absolute atomic E-state index is 0.0440. The van der Waals surface area contributed by atoms with Crippen LogP contribution in [0.1, 0.15) is 5.01 Å². The third-order valence-corrected chi connectivity index (χ3v) is 6.21. The van der Waals surface area contributed by atoms with Crippen LogP contribution < -0.4 is 5.32 Å².